The number of rotatable bonds is 9. The van der Waals surface area contributed by atoms with Crippen molar-refractivity contribution in [3.63, 3.8) is 0 Å². The largest absolute Gasteiger partial charge is 0.497 e. The van der Waals surface area contributed by atoms with Crippen molar-refractivity contribution in [2.45, 2.75) is 20.0 Å². The molecule has 0 unspecified atom stereocenters. The van der Waals surface area contributed by atoms with Gasteiger partial charge in [-0.05, 0) is 43.3 Å². The molecule has 2 aromatic carbocycles. The SMILES string of the molecule is CCOc1cc(C[NH+]2CC[NH+](Cc3cc(OC)ccc3OC)CC2)ccc1OC. The van der Waals surface area contributed by atoms with Gasteiger partial charge in [0, 0.05) is 5.56 Å². The van der Waals surface area contributed by atoms with E-state index in [9.17, 15) is 0 Å². The Hall–Kier alpha value is -2.44. The number of hydrogen-bond donors (Lipinski definition) is 2. The summed E-state index contributed by atoms with van der Waals surface area (Å²) in [6.07, 6.45) is 0. The van der Waals surface area contributed by atoms with Gasteiger partial charge >= 0.3 is 0 Å². The summed E-state index contributed by atoms with van der Waals surface area (Å²) < 4.78 is 22.0. The maximum Gasteiger partial charge on any atom is 0.161 e. The van der Waals surface area contributed by atoms with Crippen LogP contribution in [0.15, 0.2) is 36.4 Å². The van der Waals surface area contributed by atoms with Crippen LogP contribution >= 0.6 is 0 Å². The molecule has 1 saturated heterocycles. The summed E-state index contributed by atoms with van der Waals surface area (Å²) in [6, 6.07) is 12.3. The highest BCUT2D eigenvalue weighted by Crippen LogP contribution is 2.27. The number of quaternary nitrogens is 2. The first-order valence-corrected chi connectivity index (χ1v) is 10.3. The van der Waals surface area contributed by atoms with Crippen LogP contribution in [0.3, 0.4) is 0 Å². The predicted molar refractivity (Wildman–Crippen MR) is 113 cm³/mol. The van der Waals surface area contributed by atoms with Crippen LogP contribution in [0.1, 0.15) is 18.1 Å². The van der Waals surface area contributed by atoms with Gasteiger partial charge in [0.1, 0.15) is 50.8 Å². The third-order valence-corrected chi connectivity index (χ3v) is 5.57. The van der Waals surface area contributed by atoms with Gasteiger partial charge in [-0.3, -0.25) is 0 Å². The molecule has 1 heterocycles. The lowest BCUT2D eigenvalue weighted by Crippen LogP contribution is -3.27. The third-order valence-electron chi connectivity index (χ3n) is 5.57. The Bertz CT molecular complexity index is 788. The molecule has 6 nitrogen and oxygen atoms in total. The van der Waals surface area contributed by atoms with Crippen molar-refractivity contribution in [2.24, 2.45) is 0 Å². The minimum atomic E-state index is 0.641. The van der Waals surface area contributed by atoms with Crippen LogP contribution in [0.5, 0.6) is 23.0 Å². The molecular weight excluding hydrogens is 368 g/mol. The van der Waals surface area contributed by atoms with Crippen LogP contribution in [0.25, 0.3) is 0 Å². The Labute approximate surface area is 173 Å². The van der Waals surface area contributed by atoms with Gasteiger partial charge in [0.25, 0.3) is 0 Å². The van der Waals surface area contributed by atoms with E-state index in [0.29, 0.717) is 6.61 Å². The summed E-state index contributed by atoms with van der Waals surface area (Å²) in [7, 11) is 5.12. The van der Waals surface area contributed by atoms with E-state index in [4.69, 9.17) is 18.9 Å². The minimum Gasteiger partial charge on any atom is -0.497 e. The molecule has 0 amide bonds. The lowest BCUT2D eigenvalue weighted by Gasteiger charge is -2.30. The average molecular weight is 403 g/mol. The number of benzene rings is 2. The molecule has 0 atom stereocenters. The van der Waals surface area contributed by atoms with Crippen molar-refractivity contribution in [3.05, 3.63) is 47.5 Å². The monoisotopic (exact) mass is 402 g/mol. The second kappa shape index (κ2) is 10.4. The molecule has 0 aromatic heterocycles. The average Bonchev–Trinajstić information content (AvgIpc) is 2.75. The molecule has 0 saturated carbocycles. The van der Waals surface area contributed by atoms with E-state index in [0.717, 1.165) is 62.3 Å². The van der Waals surface area contributed by atoms with Crippen LogP contribution in [-0.4, -0.2) is 54.1 Å². The molecule has 6 heteroatoms. The second-order valence-corrected chi connectivity index (χ2v) is 7.45. The first-order valence-electron chi connectivity index (χ1n) is 10.3. The maximum absolute atomic E-state index is 5.72. The van der Waals surface area contributed by atoms with Gasteiger partial charge in [-0.1, -0.05) is 0 Å². The molecule has 158 valence electrons. The van der Waals surface area contributed by atoms with Crippen molar-refractivity contribution in [2.75, 3.05) is 54.1 Å². The Morgan fingerprint density at radius 2 is 1.38 bits per heavy atom. The predicted octanol–water partition coefficient (Wildman–Crippen LogP) is 0.595. The Kier molecular flexibility index (Phi) is 7.61. The van der Waals surface area contributed by atoms with E-state index >= 15 is 0 Å². The molecule has 0 spiro atoms. The van der Waals surface area contributed by atoms with Crippen molar-refractivity contribution in [1.82, 2.24) is 0 Å². The van der Waals surface area contributed by atoms with Crippen LogP contribution < -0.4 is 28.7 Å². The van der Waals surface area contributed by atoms with Crippen molar-refractivity contribution in [3.8, 4) is 23.0 Å². The van der Waals surface area contributed by atoms with E-state index in [1.165, 1.54) is 11.1 Å². The summed E-state index contributed by atoms with van der Waals surface area (Å²) in [5.74, 6) is 3.46. The molecule has 2 N–H and O–H groups in total. The lowest BCUT2D eigenvalue weighted by molar-refractivity contribution is -1.02. The molecule has 0 aliphatic carbocycles. The van der Waals surface area contributed by atoms with Gasteiger partial charge in [-0.2, -0.15) is 0 Å². The normalized spacial score (nSPS) is 18.9. The van der Waals surface area contributed by atoms with E-state index in [-0.39, 0.29) is 0 Å². The third kappa shape index (κ3) is 5.55. The highest BCUT2D eigenvalue weighted by atomic mass is 16.5. The van der Waals surface area contributed by atoms with Gasteiger partial charge in [-0.25, -0.2) is 0 Å². The van der Waals surface area contributed by atoms with Gasteiger partial charge in [0.05, 0.1) is 33.5 Å². The quantitative estimate of drug-likeness (QED) is 0.645. The highest BCUT2D eigenvalue weighted by molar-refractivity contribution is 5.42. The van der Waals surface area contributed by atoms with Crippen LogP contribution in [0, 0.1) is 0 Å². The highest BCUT2D eigenvalue weighted by Gasteiger charge is 2.24. The van der Waals surface area contributed by atoms with Crippen molar-refractivity contribution in [1.29, 1.82) is 0 Å². The lowest BCUT2D eigenvalue weighted by atomic mass is 10.1. The van der Waals surface area contributed by atoms with Crippen LogP contribution in [-0.2, 0) is 13.1 Å². The number of nitrogens with one attached hydrogen (secondary N) is 2. The zero-order chi connectivity index (χ0) is 20.6. The molecule has 0 bridgehead atoms. The number of ether oxygens (including phenoxy) is 4. The van der Waals surface area contributed by atoms with E-state index in [1.807, 2.05) is 25.1 Å². The summed E-state index contributed by atoms with van der Waals surface area (Å²) in [5, 5.41) is 0. The standard InChI is InChI=1S/C23H32N2O4/c1-5-29-23-14-18(6-8-22(23)28-4)16-24-10-12-25(13-11-24)17-19-15-20(26-2)7-9-21(19)27-3/h6-9,14-15H,5,10-13,16-17H2,1-4H3/p+2. The molecule has 0 radical (unpaired) electrons. The molecule has 1 fully saturated rings. The van der Waals surface area contributed by atoms with E-state index in [2.05, 4.69) is 18.2 Å². The zero-order valence-corrected chi connectivity index (χ0v) is 18.0. The molecule has 1 aliphatic rings. The topological polar surface area (TPSA) is 45.8 Å². The summed E-state index contributed by atoms with van der Waals surface area (Å²) in [4.78, 5) is 3.20. The first-order chi connectivity index (χ1) is 14.2. The van der Waals surface area contributed by atoms with Crippen molar-refractivity contribution < 1.29 is 28.7 Å². The molecule has 29 heavy (non-hydrogen) atoms. The van der Waals surface area contributed by atoms with Gasteiger partial charge < -0.3 is 28.7 Å². The maximum atomic E-state index is 5.72. The molecular formula is C23H34N2O4+2. The van der Waals surface area contributed by atoms with Gasteiger partial charge in [0.15, 0.2) is 11.5 Å². The zero-order valence-electron chi connectivity index (χ0n) is 18.0. The number of methoxy groups -OCH3 is 3. The van der Waals surface area contributed by atoms with Crippen molar-refractivity contribution >= 4 is 0 Å². The smallest absolute Gasteiger partial charge is 0.161 e. The number of hydrogen-bond acceptors (Lipinski definition) is 4. The van der Waals surface area contributed by atoms with Gasteiger partial charge in [-0.15, -0.1) is 0 Å². The first kappa shape index (κ1) is 21.3. The Balaban J connectivity index is 1.57. The van der Waals surface area contributed by atoms with Crippen LogP contribution in [0.4, 0.5) is 0 Å². The molecule has 1 aliphatic heterocycles. The molecule has 2 aromatic rings. The number of piperazine rings is 1. The summed E-state index contributed by atoms with van der Waals surface area (Å²) in [6.45, 7) is 9.20. The van der Waals surface area contributed by atoms with E-state index < -0.39 is 0 Å². The fraction of sp³-hybridized carbons (Fsp3) is 0.478. The Morgan fingerprint density at radius 1 is 0.724 bits per heavy atom. The summed E-state index contributed by atoms with van der Waals surface area (Å²) >= 11 is 0. The second-order valence-electron chi connectivity index (χ2n) is 7.45. The van der Waals surface area contributed by atoms with Gasteiger partial charge in [0.2, 0.25) is 0 Å². The fourth-order valence-corrected chi connectivity index (χ4v) is 3.99. The Morgan fingerprint density at radius 3 is 2.00 bits per heavy atom. The molecule has 3 rings (SSSR count). The van der Waals surface area contributed by atoms with Crippen LogP contribution in [0.2, 0.25) is 0 Å². The summed E-state index contributed by atoms with van der Waals surface area (Å²) in [5.41, 5.74) is 2.50. The minimum absolute atomic E-state index is 0.641. The van der Waals surface area contributed by atoms with E-state index in [1.54, 1.807) is 31.1 Å². The fourth-order valence-electron chi connectivity index (χ4n) is 3.99.